The van der Waals surface area contributed by atoms with Gasteiger partial charge in [0.2, 0.25) is 0 Å². The Kier molecular flexibility index (Phi) is 7.61. The summed E-state index contributed by atoms with van der Waals surface area (Å²) in [6.45, 7) is 7.60. The van der Waals surface area contributed by atoms with Crippen molar-refractivity contribution in [2.75, 3.05) is 13.7 Å². The van der Waals surface area contributed by atoms with Crippen LogP contribution in [0, 0.1) is 16.7 Å². The summed E-state index contributed by atoms with van der Waals surface area (Å²) in [4.78, 5) is 27.0. The summed E-state index contributed by atoms with van der Waals surface area (Å²) in [6, 6.07) is 10.0. The fourth-order valence-electron chi connectivity index (χ4n) is 4.64. The monoisotopic (exact) mass is 472 g/mol. The lowest BCUT2D eigenvalue weighted by molar-refractivity contribution is -0.150. The number of β-amino-alcohol motifs (C(OH)–C–C–N with tert-alkyl or cyclic N) is 1. The molecule has 3 rings (SSSR count). The summed E-state index contributed by atoms with van der Waals surface area (Å²) >= 11 is 0. The molecule has 0 bridgehead atoms. The predicted molar refractivity (Wildman–Crippen MR) is 123 cm³/mol. The van der Waals surface area contributed by atoms with Crippen LogP contribution in [0.15, 0.2) is 30.3 Å². The molecule has 2 saturated heterocycles. The lowest BCUT2D eigenvalue weighted by Gasteiger charge is -2.35. The van der Waals surface area contributed by atoms with Gasteiger partial charge in [0.25, 0.3) is 0 Å². The van der Waals surface area contributed by atoms with Crippen molar-refractivity contribution in [3.63, 3.8) is 0 Å². The van der Waals surface area contributed by atoms with Gasteiger partial charge in [-0.3, -0.25) is 4.90 Å². The van der Waals surface area contributed by atoms with Crippen molar-refractivity contribution in [3.05, 3.63) is 35.9 Å². The van der Waals surface area contributed by atoms with Crippen molar-refractivity contribution >= 4 is 19.2 Å². The molecule has 1 aromatic rings. The number of hydrogen-bond acceptors (Lipinski definition) is 8. The van der Waals surface area contributed by atoms with Gasteiger partial charge in [-0.1, -0.05) is 30.3 Å². The molecule has 9 nitrogen and oxygen atoms in total. The maximum absolute atomic E-state index is 13.0. The van der Waals surface area contributed by atoms with E-state index < -0.39 is 47.9 Å². The van der Waals surface area contributed by atoms with Gasteiger partial charge in [-0.2, -0.15) is 5.26 Å². The fraction of sp³-hybridized carbons (Fsp3) is 0.625. The molecule has 0 aliphatic carbocycles. The zero-order valence-corrected chi connectivity index (χ0v) is 20.4. The number of methoxy groups -OCH3 is 1. The SMILES string of the molecule is COC(=O)[C@H]1N(C(=O)OCc2ccccc2)C[C@@H](O)[C@@]1(CC#N)CCB1OC(C)(C)C(C)(C)O1. The number of rotatable bonds is 7. The highest BCUT2D eigenvalue weighted by Crippen LogP contribution is 2.47. The van der Waals surface area contributed by atoms with Crippen molar-refractivity contribution in [3.8, 4) is 6.07 Å². The van der Waals surface area contributed by atoms with Gasteiger partial charge in [0.1, 0.15) is 12.6 Å². The van der Waals surface area contributed by atoms with Crippen molar-refractivity contribution in [1.82, 2.24) is 4.90 Å². The highest BCUT2D eigenvalue weighted by Gasteiger charge is 2.60. The van der Waals surface area contributed by atoms with E-state index in [-0.39, 0.29) is 26.0 Å². The van der Waals surface area contributed by atoms with Crippen molar-refractivity contribution < 1.29 is 33.5 Å². The van der Waals surface area contributed by atoms with E-state index in [4.69, 9.17) is 18.8 Å². The van der Waals surface area contributed by atoms with Crippen LogP contribution in [-0.2, 0) is 30.2 Å². The molecule has 10 heteroatoms. The van der Waals surface area contributed by atoms with Crippen LogP contribution in [0.3, 0.4) is 0 Å². The lowest BCUT2D eigenvalue weighted by atomic mass is 9.67. The van der Waals surface area contributed by atoms with E-state index >= 15 is 0 Å². The molecule has 0 radical (unpaired) electrons. The van der Waals surface area contributed by atoms with E-state index in [0.717, 1.165) is 5.56 Å². The Hall–Kier alpha value is -2.61. The number of carbonyl (C=O) groups is 2. The van der Waals surface area contributed by atoms with Crippen LogP contribution in [0.1, 0.15) is 46.1 Å². The molecule has 0 unspecified atom stereocenters. The van der Waals surface area contributed by atoms with Gasteiger partial charge < -0.3 is 23.9 Å². The normalized spacial score (nSPS) is 27.3. The summed E-state index contributed by atoms with van der Waals surface area (Å²) in [6.07, 6.45) is -1.51. The Bertz CT molecular complexity index is 917. The molecular weight excluding hydrogens is 439 g/mol. The highest BCUT2D eigenvalue weighted by molar-refractivity contribution is 6.45. The average Bonchev–Trinajstić information content (AvgIpc) is 3.19. The van der Waals surface area contributed by atoms with Crippen LogP contribution in [0.5, 0.6) is 0 Å². The average molecular weight is 472 g/mol. The number of nitriles is 1. The van der Waals surface area contributed by atoms with Gasteiger partial charge in [-0.25, -0.2) is 9.59 Å². The van der Waals surface area contributed by atoms with Crippen LogP contribution in [-0.4, -0.2) is 66.2 Å². The number of hydrogen-bond donors (Lipinski definition) is 1. The Balaban J connectivity index is 1.81. The fourth-order valence-corrected chi connectivity index (χ4v) is 4.64. The molecule has 0 aromatic heterocycles. The number of aliphatic hydroxyl groups excluding tert-OH is 1. The topological polar surface area (TPSA) is 118 Å². The van der Waals surface area contributed by atoms with Crippen LogP contribution < -0.4 is 0 Å². The molecule has 1 N–H and O–H groups in total. The van der Waals surface area contributed by atoms with Gasteiger partial charge in [-0.05, 0) is 46.0 Å². The Morgan fingerprint density at radius 1 is 1.21 bits per heavy atom. The summed E-state index contributed by atoms with van der Waals surface area (Å²) in [5, 5.41) is 20.7. The van der Waals surface area contributed by atoms with Crippen LogP contribution >= 0.6 is 0 Å². The summed E-state index contributed by atoms with van der Waals surface area (Å²) in [5.41, 5.74) is -1.54. The number of carbonyl (C=O) groups excluding carboxylic acids is 2. The van der Waals surface area contributed by atoms with Gasteiger partial charge in [0.15, 0.2) is 0 Å². The first kappa shape index (κ1) is 26.0. The molecule has 0 spiro atoms. The molecule has 1 aromatic carbocycles. The first-order valence-electron chi connectivity index (χ1n) is 11.4. The molecular formula is C24H33BN2O7. The van der Waals surface area contributed by atoms with Crippen molar-refractivity contribution in [1.29, 1.82) is 5.26 Å². The zero-order valence-electron chi connectivity index (χ0n) is 20.4. The molecule has 0 saturated carbocycles. The second-order valence-corrected chi connectivity index (χ2v) is 9.93. The number of ether oxygens (including phenoxy) is 2. The number of aliphatic hydroxyl groups is 1. The van der Waals surface area contributed by atoms with Gasteiger partial charge in [0, 0.05) is 11.8 Å². The number of nitrogens with zero attached hydrogens (tertiary/aromatic N) is 2. The van der Waals surface area contributed by atoms with Gasteiger partial charge in [0.05, 0.1) is 37.0 Å². The molecule has 2 fully saturated rings. The first-order chi connectivity index (χ1) is 16.0. The van der Waals surface area contributed by atoms with Crippen LogP contribution in [0.2, 0.25) is 6.32 Å². The van der Waals surface area contributed by atoms with E-state index in [0.29, 0.717) is 6.32 Å². The van der Waals surface area contributed by atoms with E-state index in [9.17, 15) is 20.0 Å². The van der Waals surface area contributed by atoms with Gasteiger partial charge in [-0.15, -0.1) is 0 Å². The second-order valence-electron chi connectivity index (χ2n) is 9.93. The summed E-state index contributed by atoms with van der Waals surface area (Å²) in [7, 11) is 0.636. The van der Waals surface area contributed by atoms with Crippen molar-refractivity contribution in [2.45, 2.75) is 76.8 Å². The van der Waals surface area contributed by atoms with Crippen molar-refractivity contribution in [2.24, 2.45) is 5.41 Å². The molecule has 2 aliphatic rings. The Labute approximate surface area is 201 Å². The zero-order chi connectivity index (χ0) is 25.1. The molecule has 3 atom stereocenters. The maximum Gasteiger partial charge on any atom is 0.457 e. The molecule has 184 valence electrons. The quantitative estimate of drug-likeness (QED) is 0.476. The third-order valence-electron chi connectivity index (χ3n) is 7.31. The number of amides is 1. The van der Waals surface area contributed by atoms with Gasteiger partial charge >= 0.3 is 19.2 Å². The summed E-state index contributed by atoms with van der Waals surface area (Å²) < 4.78 is 22.5. The van der Waals surface area contributed by atoms with E-state index in [1.165, 1.54) is 12.0 Å². The largest absolute Gasteiger partial charge is 0.467 e. The number of esters is 1. The number of likely N-dealkylation sites (tertiary alicyclic amines) is 1. The minimum absolute atomic E-state index is 0.0132. The lowest BCUT2D eigenvalue weighted by Crippen LogP contribution is -2.50. The van der Waals surface area contributed by atoms with Crippen LogP contribution in [0.25, 0.3) is 0 Å². The second kappa shape index (κ2) is 9.94. The minimum atomic E-state index is -1.25. The standard InChI is InChI=1S/C24H33BN2O7/c1-22(2)23(3,4)34-25(33-22)13-11-24(12-14-26)18(28)15-27(19(24)20(29)31-5)21(30)32-16-17-9-7-6-8-10-17/h6-10,18-19,28H,11-13,15-16H2,1-5H3/t18-,19-,24+/m1/s1. The minimum Gasteiger partial charge on any atom is -0.467 e. The molecule has 34 heavy (non-hydrogen) atoms. The smallest absolute Gasteiger partial charge is 0.457 e. The summed E-state index contributed by atoms with van der Waals surface area (Å²) in [5.74, 6) is -0.711. The van der Waals surface area contributed by atoms with E-state index in [1.54, 1.807) is 0 Å². The third-order valence-corrected chi connectivity index (χ3v) is 7.31. The third kappa shape index (κ3) is 4.92. The molecule has 2 aliphatic heterocycles. The van der Waals surface area contributed by atoms with E-state index in [2.05, 4.69) is 6.07 Å². The first-order valence-corrected chi connectivity index (χ1v) is 11.4. The van der Waals surface area contributed by atoms with E-state index in [1.807, 2.05) is 58.0 Å². The predicted octanol–water partition coefficient (Wildman–Crippen LogP) is 2.92. The Morgan fingerprint density at radius 2 is 1.82 bits per heavy atom. The van der Waals surface area contributed by atoms with Crippen LogP contribution in [0.4, 0.5) is 4.79 Å². The number of benzene rings is 1. The highest BCUT2D eigenvalue weighted by atomic mass is 16.7. The Morgan fingerprint density at radius 3 is 2.38 bits per heavy atom. The maximum atomic E-state index is 13.0. The molecule has 1 amide bonds. The molecule has 2 heterocycles.